The number of nitrogens with zero attached hydrogens (tertiary/aromatic N) is 1. The maximum absolute atomic E-state index is 14.3. The highest BCUT2D eigenvalue weighted by Gasteiger charge is 2.40. The average Bonchev–Trinajstić information content (AvgIpc) is 2.81. The van der Waals surface area contributed by atoms with Crippen molar-refractivity contribution in [2.24, 2.45) is 0 Å². The van der Waals surface area contributed by atoms with Crippen LogP contribution in [-0.2, 0) is 20.8 Å². The molecule has 0 saturated carbocycles. The number of hydrogen-bond acceptors (Lipinski definition) is 5. The zero-order valence-corrected chi connectivity index (χ0v) is 18.7. The molecule has 9 heteroatoms. The molecule has 4 atom stereocenters. The first kappa shape index (κ1) is 24.3. The quantitative estimate of drug-likeness (QED) is 0.695. The highest BCUT2D eigenvalue weighted by Crippen LogP contribution is 2.29. The van der Waals surface area contributed by atoms with Crippen LogP contribution in [0.15, 0.2) is 48.5 Å². The van der Waals surface area contributed by atoms with Gasteiger partial charge in [0.2, 0.25) is 5.91 Å². The summed E-state index contributed by atoms with van der Waals surface area (Å²) in [6, 6.07) is 11.2. The van der Waals surface area contributed by atoms with Crippen molar-refractivity contribution >= 4 is 11.8 Å². The summed E-state index contributed by atoms with van der Waals surface area (Å²) < 4.78 is 39.0. The van der Waals surface area contributed by atoms with E-state index in [4.69, 9.17) is 9.47 Å². The maximum atomic E-state index is 14.3. The molecular formula is C25H28F2N2O5. The molecular weight excluding hydrogens is 446 g/mol. The molecule has 2 heterocycles. The summed E-state index contributed by atoms with van der Waals surface area (Å²) in [6.45, 7) is 0.456. The van der Waals surface area contributed by atoms with Gasteiger partial charge in [0.1, 0.15) is 17.7 Å². The third-order valence-electron chi connectivity index (χ3n) is 6.16. The van der Waals surface area contributed by atoms with Gasteiger partial charge in [-0.05, 0) is 42.7 Å². The van der Waals surface area contributed by atoms with E-state index in [2.05, 4.69) is 5.32 Å². The molecule has 0 spiro atoms. The smallest absolute Gasteiger partial charge is 0.257 e. The summed E-state index contributed by atoms with van der Waals surface area (Å²) in [4.78, 5) is 27.1. The number of halogens is 2. The van der Waals surface area contributed by atoms with Crippen molar-refractivity contribution in [1.29, 1.82) is 0 Å². The molecule has 0 aliphatic carbocycles. The van der Waals surface area contributed by atoms with Gasteiger partial charge >= 0.3 is 0 Å². The fraction of sp³-hybridized carbons (Fsp3) is 0.440. The fourth-order valence-electron chi connectivity index (χ4n) is 4.45. The van der Waals surface area contributed by atoms with E-state index in [1.54, 1.807) is 18.2 Å². The van der Waals surface area contributed by atoms with Crippen LogP contribution in [-0.4, -0.2) is 65.9 Å². The minimum absolute atomic E-state index is 0.000513. The Bertz CT molecular complexity index is 1000. The van der Waals surface area contributed by atoms with Gasteiger partial charge in [-0.2, -0.15) is 0 Å². The Morgan fingerprint density at radius 2 is 1.82 bits per heavy atom. The summed E-state index contributed by atoms with van der Waals surface area (Å²) in [5.41, 5.74) is 0.728. The van der Waals surface area contributed by atoms with Crippen molar-refractivity contribution in [3.63, 3.8) is 0 Å². The van der Waals surface area contributed by atoms with E-state index in [1.807, 2.05) is 0 Å². The Morgan fingerprint density at radius 3 is 2.59 bits per heavy atom. The van der Waals surface area contributed by atoms with Gasteiger partial charge in [-0.3, -0.25) is 9.59 Å². The Morgan fingerprint density at radius 1 is 1.06 bits per heavy atom. The minimum Gasteiger partial charge on any atom is -0.389 e. The molecule has 2 fully saturated rings. The molecule has 2 amide bonds. The molecule has 2 saturated heterocycles. The van der Waals surface area contributed by atoms with Gasteiger partial charge in [0, 0.05) is 13.1 Å². The molecule has 2 aromatic carbocycles. The highest BCUT2D eigenvalue weighted by atomic mass is 19.1. The standard InChI is InChI=1S/C25H28F2N2O5/c26-17-7-5-16(6-8-17)12-28-24(31)11-19-9-10-22-23(34-19)15-33-14-18(30)13-29(22)25(32)20-3-1-2-4-21(20)27/h1-8,18-19,22-23,30H,9-15H2,(H,28,31)/t18-,19-,22+,23-/m0/s1. The van der Waals surface area contributed by atoms with Crippen LogP contribution in [0.2, 0.25) is 0 Å². The zero-order valence-electron chi connectivity index (χ0n) is 18.7. The number of fused-ring (bicyclic) bond motifs is 1. The normalized spacial score (nSPS) is 25.1. The van der Waals surface area contributed by atoms with Crippen LogP contribution in [0, 0.1) is 11.6 Å². The predicted octanol–water partition coefficient (Wildman–Crippen LogP) is 2.42. The SMILES string of the molecule is O=C(C[C@@H]1CC[C@@H]2[C@H](COC[C@@H](O)CN2C(=O)c2ccccc2F)O1)NCc1ccc(F)cc1. The Kier molecular flexibility index (Phi) is 7.87. The first-order valence-electron chi connectivity index (χ1n) is 11.4. The van der Waals surface area contributed by atoms with Gasteiger partial charge in [0.25, 0.3) is 5.91 Å². The van der Waals surface area contributed by atoms with Crippen LogP contribution in [0.25, 0.3) is 0 Å². The number of benzene rings is 2. The minimum atomic E-state index is -0.897. The Hall–Kier alpha value is -2.88. The molecule has 182 valence electrons. The average molecular weight is 475 g/mol. The zero-order chi connectivity index (χ0) is 24.1. The lowest BCUT2D eigenvalue weighted by atomic mass is 9.94. The maximum Gasteiger partial charge on any atom is 0.257 e. The molecule has 0 unspecified atom stereocenters. The lowest BCUT2D eigenvalue weighted by molar-refractivity contribution is -0.151. The summed E-state index contributed by atoms with van der Waals surface area (Å²) >= 11 is 0. The van der Waals surface area contributed by atoms with E-state index < -0.39 is 30.0 Å². The lowest BCUT2D eigenvalue weighted by Gasteiger charge is -2.44. The highest BCUT2D eigenvalue weighted by molar-refractivity contribution is 5.94. The summed E-state index contributed by atoms with van der Waals surface area (Å²) in [6.07, 6.45) is -0.598. The van der Waals surface area contributed by atoms with E-state index >= 15 is 0 Å². The Labute approximate surface area is 196 Å². The number of aliphatic hydroxyl groups is 1. The molecule has 2 aliphatic heterocycles. The van der Waals surface area contributed by atoms with E-state index in [0.29, 0.717) is 12.8 Å². The van der Waals surface area contributed by atoms with Gasteiger partial charge in [0.05, 0.1) is 43.4 Å². The third kappa shape index (κ3) is 5.97. The van der Waals surface area contributed by atoms with Crippen molar-refractivity contribution in [3.05, 3.63) is 71.3 Å². The largest absolute Gasteiger partial charge is 0.389 e. The second-order valence-electron chi connectivity index (χ2n) is 8.68. The molecule has 0 bridgehead atoms. The number of rotatable bonds is 5. The first-order chi connectivity index (χ1) is 16.4. The van der Waals surface area contributed by atoms with Crippen molar-refractivity contribution in [1.82, 2.24) is 10.2 Å². The van der Waals surface area contributed by atoms with Crippen molar-refractivity contribution in [2.75, 3.05) is 19.8 Å². The van der Waals surface area contributed by atoms with Gasteiger partial charge < -0.3 is 24.8 Å². The predicted molar refractivity (Wildman–Crippen MR) is 119 cm³/mol. The number of hydrogen-bond donors (Lipinski definition) is 2. The van der Waals surface area contributed by atoms with Crippen molar-refractivity contribution < 1.29 is 33.0 Å². The second kappa shape index (κ2) is 11.0. The van der Waals surface area contributed by atoms with Gasteiger partial charge in [-0.1, -0.05) is 24.3 Å². The van der Waals surface area contributed by atoms with Crippen LogP contribution in [0.3, 0.4) is 0 Å². The van der Waals surface area contributed by atoms with E-state index in [0.717, 1.165) is 5.56 Å². The van der Waals surface area contributed by atoms with Gasteiger partial charge in [-0.25, -0.2) is 8.78 Å². The lowest BCUT2D eigenvalue weighted by Crippen LogP contribution is -2.57. The molecule has 7 nitrogen and oxygen atoms in total. The number of nitrogens with one attached hydrogen (secondary N) is 1. The number of amides is 2. The molecule has 0 radical (unpaired) electrons. The summed E-state index contributed by atoms with van der Waals surface area (Å²) in [5, 5.41) is 13.1. The number of ether oxygens (including phenoxy) is 2. The molecule has 2 aromatic rings. The second-order valence-corrected chi connectivity index (χ2v) is 8.68. The molecule has 2 aliphatic rings. The monoisotopic (exact) mass is 474 g/mol. The molecule has 4 rings (SSSR count). The van der Waals surface area contributed by atoms with Crippen molar-refractivity contribution in [3.8, 4) is 0 Å². The van der Waals surface area contributed by atoms with E-state index in [-0.39, 0.29) is 56.1 Å². The number of aliphatic hydroxyl groups excluding tert-OH is 1. The fourth-order valence-corrected chi connectivity index (χ4v) is 4.45. The van der Waals surface area contributed by atoms with Crippen LogP contribution in [0.4, 0.5) is 8.78 Å². The van der Waals surface area contributed by atoms with E-state index in [9.17, 15) is 23.5 Å². The van der Waals surface area contributed by atoms with Crippen LogP contribution < -0.4 is 5.32 Å². The number of β-amino-alcohol motifs (C(OH)–C–C–N with tert-alkyl or cyclic N) is 1. The van der Waals surface area contributed by atoms with Crippen LogP contribution in [0.1, 0.15) is 35.2 Å². The van der Waals surface area contributed by atoms with Crippen LogP contribution >= 0.6 is 0 Å². The van der Waals surface area contributed by atoms with Crippen molar-refractivity contribution in [2.45, 2.75) is 50.2 Å². The molecule has 0 aromatic heterocycles. The van der Waals surface area contributed by atoms with Gasteiger partial charge in [0.15, 0.2) is 0 Å². The summed E-state index contributed by atoms with van der Waals surface area (Å²) in [7, 11) is 0. The van der Waals surface area contributed by atoms with E-state index in [1.165, 1.54) is 35.2 Å². The van der Waals surface area contributed by atoms with Gasteiger partial charge in [-0.15, -0.1) is 0 Å². The number of carbonyl (C=O) groups is 2. The Balaban J connectivity index is 1.39. The number of carbonyl (C=O) groups excluding carboxylic acids is 2. The third-order valence-corrected chi connectivity index (χ3v) is 6.16. The first-order valence-corrected chi connectivity index (χ1v) is 11.4. The summed E-state index contributed by atoms with van der Waals surface area (Å²) in [5.74, 6) is -1.66. The van der Waals surface area contributed by atoms with Crippen LogP contribution in [0.5, 0.6) is 0 Å². The molecule has 2 N–H and O–H groups in total. The topological polar surface area (TPSA) is 88.1 Å². The molecule has 34 heavy (non-hydrogen) atoms.